The lowest BCUT2D eigenvalue weighted by Gasteiger charge is -2.53. The van der Waals surface area contributed by atoms with Crippen molar-refractivity contribution >= 4 is 0 Å². The molecule has 0 aromatic heterocycles. The average Bonchev–Trinajstić information content (AvgIpc) is 0.726. The second-order valence-electron chi connectivity index (χ2n) is 37.3. The number of methoxy groups -OCH3 is 22. The van der Waals surface area contributed by atoms with Gasteiger partial charge in [0.25, 0.3) is 0 Å². The number of hydrogen-bond donors (Lipinski definition) is 0. The maximum Gasteiger partial charge on any atom is 0.187 e. The molecule has 0 spiro atoms. The number of benzene rings is 6. The number of rotatable bonds is 40. The van der Waals surface area contributed by atoms with E-state index in [9.17, 15) is 0 Å². The van der Waals surface area contributed by atoms with Crippen molar-refractivity contribution in [1.29, 1.82) is 0 Å². The van der Waals surface area contributed by atoms with Gasteiger partial charge in [-0.05, 0) is 33.4 Å². The van der Waals surface area contributed by atoms with Crippen LogP contribution in [0, 0.1) is 0 Å². The Bertz CT molecular complexity index is 4360. The van der Waals surface area contributed by atoms with Gasteiger partial charge < -0.3 is 189 Å². The molecule has 30 heterocycles. The van der Waals surface area contributed by atoms with Crippen molar-refractivity contribution in [3.05, 3.63) is 215 Å². The highest BCUT2D eigenvalue weighted by Crippen LogP contribution is 2.49. The van der Waals surface area contributed by atoms with Gasteiger partial charge in [0.1, 0.15) is 207 Å². The van der Waals surface area contributed by atoms with Crippen LogP contribution in [-0.2, 0) is 201 Å². The van der Waals surface area contributed by atoms with Crippen LogP contribution in [0.2, 0.25) is 0 Å². The topological polar surface area (TPSA) is 369 Å². The predicted octanol–water partition coefficient (Wildman–Crippen LogP) is 7.02. The third-order valence-electron chi connectivity index (χ3n) is 29.4. The fourth-order valence-electron chi connectivity index (χ4n) is 22.6. The molecule has 0 unspecified atom stereocenters. The van der Waals surface area contributed by atoms with E-state index in [4.69, 9.17) is 189 Å². The lowest BCUT2D eigenvalue weighted by Crippen LogP contribution is -2.70. The Kier molecular flexibility index (Phi) is 43.7. The summed E-state index contributed by atoms with van der Waals surface area (Å²) in [6.07, 6.45) is -46.6. The quantitative estimate of drug-likeness (QED) is 0.0349. The Morgan fingerprint density at radius 1 is 0.149 bits per heavy atom. The summed E-state index contributed by atoms with van der Waals surface area (Å²) in [6.45, 7) is -1.18. The summed E-state index contributed by atoms with van der Waals surface area (Å²) in [5.41, 5.74) is 2.06. The largest absolute Gasteiger partial charge is 0.382 e. The number of ether oxygens (including phenoxy) is 40. The molecule has 40 heteroatoms. The van der Waals surface area contributed by atoms with E-state index in [1.54, 1.807) is 0 Å². The molecule has 40 nitrogen and oxygen atoms in total. The molecule has 0 aliphatic carbocycles. The zero-order valence-corrected chi connectivity index (χ0v) is 88.4. The first-order valence-corrected chi connectivity index (χ1v) is 49.9. The summed E-state index contributed by atoms with van der Waals surface area (Å²) in [5, 5.41) is 0. The SMILES string of the molecule is COC[C@H]1O[C@@H]2O[C@H]3[C@H](OC)[C@@H](OC)[C@@H](O[C@H]4[C@H](OC)[C@@H](OC)[C@@H](O[C@H]5[C@H](OC)[C@@H](OC)[C@@H](O[C@H]6[C@H](OC)[C@@H](OC)[C@@H](O[C@H]7[C@H](OC)[C@@H](OC)[C@@H](O[C@H]8[C@H](OC)[C@@H](OC)[C@@H](O[C@H]9[C@H](OC)[C@@H](OC)[C@@H](O[C@H]1[C@H](OC)[C@H]2OC)O[C@@H]9COC)O[C@@H]8COC)O[C@@H]7COC(c1ccccc1)(c1ccccc1)c1ccccc1)O[C@@H]6COC)O[C@@H]5COC)O[C@@H]4COC(c1ccccc1)(c1ccccc1)c1ccccc1)O[C@@H]3COC. The molecule has 0 saturated carbocycles. The lowest BCUT2D eigenvalue weighted by atomic mass is 9.80. The zero-order chi connectivity index (χ0) is 105. The van der Waals surface area contributed by atoms with Crippen molar-refractivity contribution < 1.29 is 189 Å². The van der Waals surface area contributed by atoms with Crippen LogP contribution in [0.1, 0.15) is 33.4 Å². The van der Waals surface area contributed by atoms with Crippen LogP contribution in [0.15, 0.2) is 182 Å². The molecule has 6 aromatic carbocycles. The first kappa shape index (κ1) is 116. The van der Waals surface area contributed by atoms with Crippen molar-refractivity contribution in [2.45, 2.75) is 257 Å². The first-order chi connectivity index (χ1) is 72.4. The first-order valence-electron chi connectivity index (χ1n) is 49.9. The third-order valence-corrected chi connectivity index (χ3v) is 29.4. The van der Waals surface area contributed by atoms with E-state index in [0.29, 0.717) is 0 Å². The monoisotopic (exact) mass is 2090 g/mol. The summed E-state index contributed by atoms with van der Waals surface area (Å²) in [5.74, 6) is 0. The van der Waals surface area contributed by atoms with Crippen molar-refractivity contribution in [3.63, 3.8) is 0 Å². The van der Waals surface area contributed by atoms with Gasteiger partial charge in [0.15, 0.2) is 50.3 Å². The minimum Gasteiger partial charge on any atom is -0.382 e. The molecule has 30 saturated heterocycles. The minimum absolute atomic E-state index is 0.0959. The van der Waals surface area contributed by atoms with Crippen LogP contribution >= 0.6 is 0 Å². The summed E-state index contributed by atoms with van der Waals surface area (Å²) < 4.78 is 275. The fraction of sp³-hybridized carbons (Fsp3) is 0.667. The highest BCUT2D eigenvalue weighted by atomic mass is 16.8. The molecular weight excluding hydrogens is 1940 g/mol. The zero-order valence-electron chi connectivity index (χ0n) is 88.4. The molecule has 40 atom stereocenters. The van der Waals surface area contributed by atoms with Crippen molar-refractivity contribution in [2.24, 2.45) is 0 Å². The van der Waals surface area contributed by atoms with Crippen LogP contribution in [0.25, 0.3) is 0 Å². The Balaban J connectivity index is 0.851. The van der Waals surface area contributed by atoms with Crippen molar-refractivity contribution in [2.75, 3.05) is 209 Å². The summed E-state index contributed by atoms with van der Waals surface area (Å²) in [4.78, 5) is 0. The van der Waals surface area contributed by atoms with Gasteiger partial charge in [-0.25, -0.2) is 0 Å². The second kappa shape index (κ2) is 55.9. The predicted molar refractivity (Wildman–Crippen MR) is 523 cm³/mol. The van der Waals surface area contributed by atoms with E-state index in [-0.39, 0.29) is 52.9 Å². The van der Waals surface area contributed by atoms with Gasteiger partial charge in [-0.3, -0.25) is 0 Å². The molecule has 148 heavy (non-hydrogen) atoms. The highest BCUT2D eigenvalue weighted by Gasteiger charge is 2.64. The van der Waals surface area contributed by atoms with Gasteiger partial charge in [-0.1, -0.05) is 182 Å². The molecule has 0 radical (unpaired) electrons. The Labute approximate surface area is 866 Å². The van der Waals surface area contributed by atoms with E-state index in [0.717, 1.165) is 33.4 Å². The molecular formula is C108H152O40. The third kappa shape index (κ3) is 24.4. The van der Waals surface area contributed by atoms with Crippen molar-refractivity contribution in [3.8, 4) is 0 Å². The summed E-state index contributed by atoms with van der Waals surface area (Å²) in [7, 11) is 33.4. The fourth-order valence-corrected chi connectivity index (χ4v) is 22.6. The molecule has 6 aromatic rings. The summed E-state index contributed by atoms with van der Waals surface area (Å²) >= 11 is 0. The van der Waals surface area contributed by atoms with Crippen LogP contribution in [-0.4, -0.2) is 455 Å². The average molecular weight is 2090 g/mol. The summed E-state index contributed by atoms with van der Waals surface area (Å²) in [6, 6.07) is 59.5. The van der Waals surface area contributed by atoms with Crippen LogP contribution in [0.3, 0.4) is 0 Å². The molecule has 16 bridgehead atoms. The van der Waals surface area contributed by atoms with Gasteiger partial charge in [-0.2, -0.15) is 0 Å². The van der Waals surface area contributed by atoms with Gasteiger partial charge in [0.2, 0.25) is 0 Å². The number of hydrogen-bond acceptors (Lipinski definition) is 40. The molecule has 30 fully saturated rings. The van der Waals surface area contributed by atoms with Crippen molar-refractivity contribution in [1.82, 2.24) is 0 Å². The Morgan fingerprint density at radius 3 is 0.372 bits per heavy atom. The van der Waals surface area contributed by atoms with Crippen LogP contribution < -0.4 is 0 Å². The smallest absolute Gasteiger partial charge is 0.187 e. The van der Waals surface area contributed by atoms with E-state index in [2.05, 4.69) is 0 Å². The maximum absolute atomic E-state index is 7.76. The minimum atomic E-state index is -1.41. The normalized spacial score (nSPS) is 37.8. The van der Waals surface area contributed by atoms with Gasteiger partial charge in [0, 0.05) is 156 Å². The lowest BCUT2D eigenvalue weighted by molar-refractivity contribution is -0.410. The molecule has 30 aliphatic rings. The second-order valence-corrected chi connectivity index (χ2v) is 37.3. The molecule has 0 amide bonds. The maximum atomic E-state index is 7.76. The van der Waals surface area contributed by atoms with E-state index in [1.807, 2.05) is 182 Å². The van der Waals surface area contributed by atoms with Gasteiger partial charge >= 0.3 is 0 Å². The van der Waals surface area contributed by atoms with Gasteiger partial charge in [0.05, 0.1) is 52.9 Å². The molecule has 36 rings (SSSR count). The Morgan fingerprint density at radius 2 is 0.264 bits per heavy atom. The molecule has 824 valence electrons. The van der Waals surface area contributed by atoms with Gasteiger partial charge in [-0.15, -0.1) is 0 Å². The Hall–Kier alpha value is -6.28. The van der Waals surface area contributed by atoms with E-state index in [1.165, 1.54) is 156 Å². The van der Waals surface area contributed by atoms with Crippen LogP contribution in [0.4, 0.5) is 0 Å². The highest BCUT2D eigenvalue weighted by molar-refractivity contribution is 5.49. The standard InChI is InChI=1S/C108H152O40/c1-109-53-67-75-83(115-7)92(124-16)100(134-67)143-77-69(55-111-3)137-103(95(127-19)85(77)117-9)147-81-73(59-131-107(61-41-29-23-30-42-61,62-43-31-24-32-44-62)63-45-33-25-34-46-63)140-106(98(130-22)89(81)121-13)146-80-72(58-114-6)136-102(94(126-18)88(80)120-12)144-78-70(56-112-4)138-104(96(128-20)86(78)118-10)148-82-74(60-132-108(64-47-35-26-36-48-64,65-49-37-27-38-50-65)66-51-39-28-40-52-66)139-105(97(129-21)90(82)122-14)145-79-71(57-113-5)135-101(93(125-17)87(79)119-11)142-76-68(54-110-2)133-99(141-75)91(123-15)84(76)116-8/h23-52,67-106H,53-60H2,1-22H3/t67-,68-,69-,70-,71-,72-,73-,74-,75-,76-,77-,78-,79-,80-,81-,82-,83+,84+,85+,86+,87+,88+,89+,90+,91-,92-,93-,94-,95-,96-,97-,98-,99-,100-,101-,102-,103-,104-,105-,106-/m1/s1. The van der Waals surface area contributed by atoms with E-state index < -0.39 is 257 Å². The van der Waals surface area contributed by atoms with E-state index >= 15 is 0 Å². The molecule has 30 aliphatic heterocycles. The van der Waals surface area contributed by atoms with Crippen LogP contribution in [0.5, 0.6) is 0 Å². The molecule has 0 N–H and O–H groups in total.